The average molecular weight is 550 g/mol. The van der Waals surface area contributed by atoms with Crippen molar-refractivity contribution in [3.05, 3.63) is 64.9 Å². The SMILES string of the molecule is COc1cc(CN(CC2CCCO2)C(=O)c2ccc(S(=O)(=O)c3ccc(Cl)cc3)o2)cc(OC)c1OC. The van der Waals surface area contributed by atoms with Crippen LogP contribution in [0.1, 0.15) is 29.0 Å². The van der Waals surface area contributed by atoms with Gasteiger partial charge < -0.3 is 28.3 Å². The monoisotopic (exact) mass is 549 g/mol. The molecule has 198 valence electrons. The van der Waals surface area contributed by atoms with Gasteiger partial charge in [0.05, 0.1) is 32.3 Å². The smallest absolute Gasteiger partial charge is 0.290 e. The summed E-state index contributed by atoms with van der Waals surface area (Å²) in [4.78, 5) is 15.1. The third kappa shape index (κ3) is 5.87. The summed E-state index contributed by atoms with van der Waals surface area (Å²) in [6.45, 7) is 1.10. The lowest BCUT2D eigenvalue weighted by atomic mass is 10.1. The summed E-state index contributed by atoms with van der Waals surface area (Å²) in [6, 6.07) is 11.9. The predicted molar refractivity (Wildman–Crippen MR) is 135 cm³/mol. The molecule has 1 saturated heterocycles. The summed E-state index contributed by atoms with van der Waals surface area (Å²) in [5, 5.41) is 0.0776. The van der Waals surface area contributed by atoms with E-state index in [4.69, 9.17) is 35.0 Å². The fraction of sp³-hybridized carbons (Fsp3) is 0.346. The van der Waals surface area contributed by atoms with E-state index in [-0.39, 0.29) is 28.4 Å². The maximum Gasteiger partial charge on any atom is 0.290 e. The normalized spacial score (nSPS) is 15.4. The second-order valence-electron chi connectivity index (χ2n) is 8.43. The van der Waals surface area contributed by atoms with Gasteiger partial charge in [-0.25, -0.2) is 8.42 Å². The molecule has 1 aromatic heterocycles. The van der Waals surface area contributed by atoms with E-state index in [9.17, 15) is 13.2 Å². The van der Waals surface area contributed by atoms with Gasteiger partial charge in [-0.3, -0.25) is 4.79 Å². The molecule has 2 heterocycles. The summed E-state index contributed by atoms with van der Waals surface area (Å²) in [6.07, 6.45) is 1.58. The van der Waals surface area contributed by atoms with Crippen LogP contribution < -0.4 is 14.2 Å². The van der Waals surface area contributed by atoms with E-state index < -0.39 is 15.7 Å². The van der Waals surface area contributed by atoms with Crippen LogP contribution in [0.25, 0.3) is 0 Å². The van der Waals surface area contributed by atoms with E-state index in [1.54, 1.807) is 17.0 Å². The minimum absolute atomic E-state index is 0.0129. The van der Waals surface area contributed by atoms with Crippen LogP contribution in [-0.2, 0) is 21.1 Å². The van der Waals surface area contributed by atoms with Crippen molar-refractivity contribution >= 4 is 27.3 Å². The first-order valence-electron chi connectivity index (χ1n) is 11.6. The van der Waals surface area contributed by atoms with Crippen molar-refractivity contribution in [1.82, 2.24) is 4.90 Å². The zero-order valence-corrected chi connectivity index (χ0v) is 22.3. The van der Waals surface area contributed by atoms with Gasteiger partial charge in [-0.05, 0) is 66.9 Å². The van der Waals surface area contributed by atoms with Crippen molar-refractivity contribution in [2.75, 3.05) is 34.5 Å². The molecule has 11 heteroatoms. The Bertz CT molecular complexity index is 1320. The number of amides is 1. The molecule has 1 amide bonds. The first kappa shape index (κ1) is 26.8. The average Bonchev–Trinajstić information content (AvgIpc) is 3.60. The van der Waals surface area contributed by atoms with Crippen molar-refractivity contribution in [2.24, 2.45) is 0 Å². The minimum atomic E-state index is -3.97. The number of ether oxygens (including phenoxy) is 4. The first-order chi connectivity index (χ1) is 17.8. The van der Waals surface area contributed by atoms with Crippen molar-refractivity contribution in [3.8, 4) is 17.2 Å². The Kier molecular flexibility index (Phi) is 8.31. The summed E-state index contributed by atoms with van der Waals surface area (Å²) in [7, 11) is 0.576. The lowest BCUT2D eigenvalue weighted by Crippen LogP contribution is -2.36. The van der Waals surface area contributed by atoms with Crippen LogP contribution in [0.2, 0.25) is 5.02 Å². The van der Waals surface area contributed by atoms with Crippen molar-refractivity contribution < 1.29 is 36.6 Å². The van der Waals surface area contributed by atoms with E-state index >= 15 is 0 Å². The maximum absolute atomic E-state index is 13.6. The van der Waals surface area contributed by atoms with E-state index in [0.717, 1.165) is 18.4 Å². The van der Waals surface area contributed by atoms with Crippen molar-refractivity contribution in [2.45, 2.75) is 35.5 Å². The van der Waals surface area contributed by atoms with Gasteiger partial charge in [-0.15, -0.1) is 0 Å². The third-order valence-corrected chi connectivity index (χ3v) is 7.91. The second-order valence-corrected chi connectivity index (χ2v) is 10.7. The van der Waals surface area contributed by atoms with Crippen LogP contribution in [0.4, 0.5) is 0 Å². The number of hydrogen-bond acceptors (Lipinski definition) is 8. The number of carbonyl (C=O) groups is 1. The number of methoxy groups -OCH3 is 3. The van der Waals surface area contributed by atoms with Gasteiger partial charge in [0.2, 0.25) is 20.7 Å². The van der Waals surface area contributed by atoms with Crippen LogP contribution >= 0.6 is 11.6 Å². The van der Waals surface area contributed by atoms with Gasteiger partial charge in [0.15, 0.2) is 17.3 Å². The summed E-state index contributed by atoms with van der Waals surface area (Å²) in [5.41, 5.74) is 0.724. The highest BCUT2D eigenvalue weighted by atomic mass is 35.5. The molecule has 4 rings (SSSR count). The molecular weight excluding hydrogens is 522 g/mol. The molecule has 1 unspecified atom stereocenters. The molecule has 0 saturated carbocycles. The highest BCUT2D eigenvalue weighted by molar-refractivity contribution is 7.91. The first-order valence-corrected chi connectivity index (χ1v) is 13.4. The Balaban J connectivity index is 1.64. The highest BCUT2D eigenvalue weighted by Crippen LogP contribution is 2.38. The van der Waals surface area contributed by atoms with E-state index in [2.05, 4.69) is 0 Å². The van der Waals surface area contributed by atoms with Gasteiger partial charge in [-0.1, -0.05) is 11.6 Å². The Morgan fingerprint density at radius 1 is 1.03 bits per heavy atom. The number of nitrogens with zero attached hydrogens (tertiary/aromatic N) is 1. The molecule has 37 heavy (non-hydrogen) atoms. The molecular formula is C26H28ClNO8S. The molecule has 0 aliphatic carbocycles. The fourth-order valence-electron chi connectivity index (χ4n) is 4.17. The van der Waals surface area contributed by atoms with Crippen LogP contribution in [-0.4, -0.2) is 59.8 Å². The van der Waals surface area contributed by atoms with Crippen molar-refractivity contribution in [1.29, 1.82) is 0 Å². The number of rotatable bonds is 10. The van der Waals surface area contributed by atoms with Gasteiger partial charge in [-0.2, -0.15) is 0 Å². The Labute approximate surface area is 220 Å². The molecule has 3 aromatic rings. The van der Waals surface area contributed by atoms with Gasteiger partial charge in [0, 0.05) is 24.7 Å². The second kappa shape index (κ2) is 11.5. The Morgan fingerprint density at radius 2 is 1.70 bits per heavy atom. The summed E-state index contributed by atoms with van der Waals surface area (Å²) in [5.74, 6) is 0.778. The molecule has 1 atom stereocenters. The van der Waals surface area contributed by atoms with Gasteiger partial charge >= 0.3 is 0 Å². The summed E-state index contributed by atoms with van der Waals surface area (Å²) >= 11 is 5.88. The summed E-state index contributed by atoms with van der Waals surface area (Å²) < 4.78 is 53.6. The zero-order valence-electron chi connectivity index (χ0n) is 20.7. The topological polar surface area (TPSA) is 105 Å². The lowest BCUT2D eigenvalue weighted by Gasteiger charge is -2.25. The molecule has 0 bridgehead atoms. The quantitative estimate of drug-likeness (QED) is 0.361. The molecule has 1 aliphatic heterocycles. The predicted octanol–water partition coefficient (Wildman–Crippen LogP) is 4.61. The van der Waals surface area contributed by atoms with Crippen LogP contribution in [0.15, 0.2) is 62.9 Å². The molecule has 2 aromatic carbocycles. The van der Waals surface area contributed by atoms with E-state index in [1.807, 2.05) is 0 Å². The molecule has 1 aliphatic rings. The standard InChI is InChI=1S/C26H28ClNO8S/c1-32-22-13-17(14-23(33-2)25(22)34-3)15-28(16-19-5-4-12-35-19)26(29)21-10-11-24(36-21)37(30,31)20-8-6-18(27)7-9-20/h6-11,13-14,19H,4-5,12,15-16H2,1-3H3. The maximum atomic E-state index is 13.6. The number of furan rings is 1. The fourth-order valence-corrected chi connectivity index (χ4v) is 5.47. The molecule has 0 N–H and O–H groups in total. The lowest BCUT2D eigenvalue weighted by molar-refractivity contribution is 0.0479. The largest absolute Gasteiger partial charge is 0.493 e. The van der Waals surface area contributed by atoms with Gasteiger partial charge in [0.25, 0.3) is 5.91 Å². The molecule has 1 fully saturated rings. The number of sulfone groups is 1. The highest BCUT2D eigenvalue weighted by Gasteiger charge is 2.29. The van der Waals surface area contributed by atoms with E-state index in [0.29, 0.717) is 35.4 Å². The Morgan fingerprint density at radius 3 is 2.27 bits per heavy atom. The minimum Gasteiger partial charge on any atom is -0.493 e. The number of hydrogen-bond donors (Lipinski definition) is 0. The van der Waals surface area contributed by atoms with Gasteiger partial charge in [0.1, 0.15) is 0 Å². The van der Waals surface area contributed by atoms with Crippen LogP contribution in [0.5, 0.6) is 17.2 Å². The van der Waals surface area contributed by atoms with Crippen molar-refractivity contribution in [3.63, 3.8) is 0 Å². The zero-order chi connectivity index (χ0) is 26.6. The number of carbonyl (C=O) groups excluding carboxylic acids is 1. The molecule has 9 nitrogen and oxygen atoms in total. The Hall–Kier alpha value is -3.21. The van der Waals surface area contributed by atoms with Crippen LogP contribution in [0.3, 0.4) is 0 Å². The number of benzene rings is 2. The third-order valence-electron chi connectivity index (χ3n) is 6.01. The molecule has 0 radical (unpaired) electrons. The van der Waals surface area contributed by atoms with E-state index in [1.165, 1.54) is 57.7 Å². The van der Waals surface area contributed by atoms with Crippen LogP contribution in [0, 0.1) is 0 Å². The number of halogens is 1. The molecule has 0 spiro atoms.